The molecule has 0 aliphatic rings. The van der Waals surface area contributed by atoms with E-state index >= 15 is 0 Å². The molecule has 1 aromatic rings. The van der Waals surface area contributed by atoms with Gasteiger partial charge in [-0.25, -0.2) is 4.79 Å². The molecule has 0 aliphatic carbocycles. The third kappa shape index (κ3) is 5.06. The molecule has 0 aliphatic heterocycles. The van der Waals surface area contributed by atoms with Crippen molar-refractivity contribution in [3.8, 4) is 0 Å². The highest BCUT2D eigenvalue weighted by atomic mass is 35.5. The van der Waals surface area contributed by atoms with Crippen LogP contribution in [0.1, 0.15) is 19.4 Å². The minimum Gasteiger partial charge on any atom is -0.336 e. The van der Waals surface area contributed by atoms with Crippen LogP contribution in [-0.4, -0.2) is 22.5 Å². The Labute approximate surface area is 128 Å². The summed E-state index contributed by atoms with van der Waals surface area (Å²) < 4.78 is 38.4. The highest BCUT2D eigenvalue weighted by molar-refractivity contribution is 6.30. The van der Waals surface area contributed by atoms with Gasteiger partial charge >= 0.3 is 12.2 Å². The lowest BCUT2D eigenvalue weighted by molar-refractivity contribution is -0.138. The van der Waals surface area contributed by atoms with E-state index in [2.05, 4.69) is 5.32 Å². The van der Waals surface area contributed by atoms with Crippen molar-refractivity contribution in [1.82, 2.24) is 15.2 Å². The van der Waals surface area contributed by atoms with Gasteiger partial charge in [0.25, 0.3) is 5.56 Å². The highest BCUT2D eigenvalue weighted by Gasteiger charge is 2.32. The fourth-order valence-electron chi connectivity index (χ4n) is 1.49. The van der Waals surface area contributed by atoms with Gasteiger partial charge in [-0.05, 0) is 19.9 Å². The molecule has 0 unspecified atom stereocenters. The second-order valence-electron chi connectivity index (χ2n) is 4.68. The SMILES string of the molecule is CC(C)NC(=O)NC(=O)Cn1cc(C(F)(F)F)cc(Cl)c1=O. The molecule has 122 valence electrons. The zero-order valence-corrected chi connectivity index (χ0v) is 12.4. The molecule has 0 spiro atoms. The fourth-order valence-corrected chi connectivity index (χ4v) is 1.72. The van der Waals surface area contributed by atoms with Gasteiger partial charge in [0.1, 0.15) is 11.6 Å². The number of pyridine rings is 1. The Morgan fingerprint density at radius 2 is 1.95 bits per heavy atom. The van der Waals surface area contributed by atoms with Crippen LogP contribution in [0.15, 0.2) is 17.1 Å². The third-order valence-corrected chi connectivity index (χ3v) is 2.63. The number of hydrogen-bond acceptors (Lipinski definition) is 3. The Hall–Kier alpha value is -2.03. The number of hydrogen-bond donors (Lipinski definition) is 2. The maximum atomic E-state index is 12.6. The van der Waals surface area contributed by atoms with E-state index in [0.29, 0.717) is 16.8 Å². The Morgan fingerprint density at radius 1 is 1.36 bits per heavy atom. The number of halogens is 4. The largest absolute Gasteiger partial charge is 0.417 e. The monoisotopic (exact) mass is 339 g/mol. The van der Waals surface area contributed by atoms with Gasteiger partial charge in [-0.3, -0.25) is 14.9 Å². The van der Waals surface area contributed by atoms with Crippen LogP contribution in [0, 0.1) is 0 Å². The Morgan fingerprint density at radius 3 is 2.45 bits per heavy atom. The number of nitrogens with zero attached hydrogens (tertiary/aromatic N) is 1. The normalized spacial score (nSPS) is 11.4. The number of urea groups is 1. The van der Waals surface area contributed by atoms with E-state index in [1.165, 1.54) is 0 Å². The van der Waals surface area contributed by atoms with E-state index in [4.69, 9.17) is 11.6 Å². The van der Waals surface area contributed by atoms with Crippen LogP contribution in [0.2, 0.25) is 5.02 Å². The van der Waals surface area contributed by atoms with Crippen LogP contribution in [0.5, 0.6) is 0 Å². The maximum absolute atomic E-state index is 12.6. The van der Waals surface area contributed by atoms with Gasteiger partial charge in [-0.15, -0.1) is 0 Å². The van der Waals surface area contributed by atoms with Crippen molar-refractivity contribution >= 4 is 23.5 Å². The average molecular weight is 340 g/mol. The molecule has 10 heteroatoms. The van der Waals surface area contributed by atoms with Crippen molar-refractivity contribution in [2.75, 3.05) is 0 Å². The summed E-state index contributed by atoms with van der Waals surface area (Å²) in [5.74, 6) is -0.948. The molecule has 22 heavy (non-hydrogen) atoms. The van der Waals surface area contributed by atoms with E-state index in [1.54, 1.807) is 13.8 Å². The van der Waals surface area contributed by atoms with Gasteiger partial charge in [0, 0.05) is 12.2 Å². The van der Waals surface area contributed by atoms with Gasteiger partial charge in [-0.1, -0.05) is 11.6 Å². The van der Waals surface area contributed by atoms with Crippen LogP contribution in [0.25, 0.3) is 0 Å². The Balaban J connectivity index is 2.94. The molecular formula is C12H13ClF3N3O3. The number of imide groups is 1. The molecule has 3 amide bonds. The molecule has 0 fully saturated rings. The van der Waals surface area contributed by atoms with Gasteiger partial charge in [0.05, 0.1) is 5.56 Å². The molecule has 0 saturated carbocycles. The molecule has 1 aromatic heterocycles. The van der Waals surface area contributed by atoms with Gasteiger partial charge in [-0.2, -0.15) is 13.2 Å². The zero-order valence-electron chi connectivity index (χ0n) is 11.6. The van der Waals surface area contributed by atoms with Crippen molar-refractivity contribution < 1.29 is 22.8 Å². The molecule has 1 heterocycles. The van der Waals surface area contributed by atoms with E-state index in [-0.39, 0.29) is 6.04 Å². The van der Waals surface area contributed by atoms with Crippen LogP contribution < -0.4 is 16.2 Å². The van der Waals surface area contributed by atoms with E-state index < -0.39 is 40.8 Å². The lowest BCUT2D eigenvalue weighted by Gasteiger charge is -2.12. The van der Waals surface area contributed by atoms with Crippen molar-refractivity contribution in [3.63, 3.8) is 0 Å². The number of carbonyl (C=O) groups excluding carboxylic acids is 2. The average Bonchev–Trinajstić information content (AvgIpc) is 2.31. The Kier molecular flexibility index (Phi) is 5.59. The molecule has 1 rings (SSSR count). The molecule has 6 nitrogen and oxygen atoms in total. The first kappa shape index (κ1) is 18.0. The number of alkyl halides is 3. The molecule has 0 atom stereocenters. The van der Waals surface area contributed by atoms with Crippen molar-refractivity contribution in [3.05, 3.63) is 33.2 Å². The van der Waals surface area contributed by atoms with Gasteiger partial charge in [0.15, 0.2) is 0 Å². The summed E-state index contributed by atoms with van der Waals surface area (Å²) in [7, 11) is 0. The van der Waals surface area contributed by atoms with E-state index in [1.807, 2.05) is 5.32 Å². The summed E-state index contributed by atoms with van der Waals surface area (Å²) in [6.07, 6.45) is -4.25. The van der Waals surface area contributed by atoms with E-state index in [9.17, 15) is 27.6 Å². The summed E-state index contributed by atoms with van der Waals surface area (Å²) in [6, 6.07) is -0.575. The molecule has 0 saturated heterocycles. The first-order valence-corrected chi connectivity index (χ1v) is 6.46. The topological polar surface area (TPSA) is 80.2 Å². The van der Waals surface area contributed by atoms with Crippen molar-refractivity contribution in [1.29, 1.82) is 0 Å². The van der Waals surface area contributed by atoms with Crippen LogP contribution in [0.3, 0.4) is 0 Å². The predicted octanol–water partition coefficient (Wildman–Crippen LogP) is 1.75. The highest BCUT2D eigenvalue weighted by Crippen LogP contribution is 2.29. The minimum atomic E-state index is -4.72. The summed E-state index contributed by atoms with van der Waals surface area (Å²) in [5, 5.41) is 3.58. The predicted molar refractivity (Wildman–Crippen MR) is 72.5 cm³/mol. The first-order valence-electron chi connectivity index (χ1n) is 6.08. The summed E-state index contributed by atoms with van der Waals surface area (Å²) in [6.45, 7) is 2.54. The van der Waals surface area contributed by atoms with Crippen LogP contribution >= 0.6 is 11.6 Å². The number of aromatic nitrogens is 1. The molecule has 2 N–H and O–H groups in total. The second-order valence-corrected chi connectivity index (χ2v) is 5.09. The van der Waals surface area contributed by atoms with Crippen molar-refractivity contribution in [2.24, 2.45) is 0 Å². The third-order valence-electron chi connectivity index (χ3n) is 2.36. The number of carbonyl (C=O) groups is 2. The lowest BCUT2D eigenvalue weighted by atomic mass is 10.2. The smallest absolute Gasteiger partial charge is 0.336 e. The zero-order chi connectivity index (χ0) is 17.1. The quantitative estimate of drug-likeness (QED) is 0.880. The summed E-state index contributed by atoms with van der Waals surface area (Å²) in [4.78, 5) is 34.5. The molecule has 0 radical (unpaired) electrons. The molecule has 0 bridgehead atoms. The number of nitrogens with one attached hydrogen (secondary N) is 2. The van der Waals surface area contributed by atoms with E-state index in [0.717, 1.165) is 0 Å². The van der Waals surface area contributed by atoms with Crippen LogP contribution in [-0.2, 0) is 17.5 Å². The van der Waals surface area contributed by atoms with Crippen molar-refractivity contribution in [2.45, 2.75) is 32.6 Å². The summed E-state index contributed by atoms with van der Waals surface area (Å²) in [5.41, 5.74) is -2.13. The number of rotatable bonds is 3. The molecule has 0 aromatic carbocycles. The lowest BCUT2D eigenvalue weighted by Crippen LogP contribution is -2.44. The fraction of sp³-hybridized carbons (Fsp3) is 0.417. The van der Waals surface area contributed by atoms with Gasteiger partial charge < -0.3 is 9.88 Å². The first-order chi connectivity index (χ1) is 10.0. The minimum absolute atomic E-state index is 0.237. The summed E-state index contributed by atoms with van der Waals surface area (Å²) >= 11 is 5.44. The number of amides is 3. The molecular weight excluding hydrogens is 327 g/mol. The maximum Gasteiger partial charge on any atom is 0.417 e. The van der Waals surface area contributed by atoms with Gasteiger partial charge in [0.2, 0.25) is 5.91 Å². The Bertz CT molecular complexity index is 641. The van der Waals surface area contributed by atoms with Crippen LogP contribution in [0.4, 0.5) is 18.0 Å². The standard InChI is InChI=1S/C12H13ClF3N3O3/c1-6(2)17-11(22)18-9(20)5-19-4-7(12(14,15)16)3-8(13)10(19)21/h3-4,6H,5H2,1-2H3,(H2,17,18,20,22). The second kappa shape index (κ2) is 6.82.